The number of anilines is 2. The number of carbonyl (C=O) groups is 1. The molecule has 3 aromatic rings. The Morgan fingerprint density at radius 3 is 2.76 bits per heavy atom. The highest BCUT2D eigenvalue weighted by molar-refractivity contribution is 5.96. The van der Waals surface area contributed by atoms with E-state index in [1.54, 1.807) is 37.4 Å². The van der Waals surface area contributed by atoms with E-state index < -0.39 is 0 Å². The van der Waals surface area contributed by atoms with E-state index in [0.29, 0.717) is 41.9 Å². The number of likely N-dealkylation sites (N-methyl/N-ethyl adjacent to an activating group) is 1. The zero-order valence-corrected chi connectivity index (χ0v) is 20.7. The first-order valence-electron chi connectivity index (χ1n) is 11.8. The van der Waals surface area contributed by atoms with Crippen LogP contribution < -0.4 is 14.8 Å². The number of nitriles is 1. The number of carbonyl (C=O) groups excluding carboxylic acids is 1. The van der Waals surface area contributed by atoms with Crippen LogP contribution in [0.25, 0.3) is 11.3 Å². The Labute approximate surface area is 214 Å². The first-order valence-corrected chi connectivity index (χ1v) is 11.8. The van der Waals surface area contributed by atoms with Crippen molar-refractivity contribution in [3.63, 3.8) is 0 Å². The van der Waals surface area contributed by atoms with Crippen LogP contribution in [0.1, 0.15) is 28.8 Å². The van der Waals surface area contributed by atoms with Crippen LogP contribution in [0.3, 0.4) is 0 Å². The number of hydrogen-bond donors (Lipinski definition) is 2. The van der Waals surface area contributed by atoms with Gasteiger partial charge in [-0.05, 0) is 30.3 Å². The SMILES string of the molecule is COc1nc(Nc2cc(-c3ccc(OC4CCOCC4)c(C#N)c3)ncn2)ccc1C(=O)N(C)CCO. The summed E-state index contributed by atoms with van der Waals surface area (Å²) in [6.45, 7) is 1.36. The summed E-state index contributed by atoms with van der Waals surface area (Å²) in [6, 6.07) is 12.6. The lowest BCUT2D eigenvalue weighted by molar-refractivity contribution is 0.0254. The number of methoxy groups -OCH3 is 1. The predicted molar refractivity (Wildman–Crippen MR) is 135 cm³/mol. The molecule has 3 heterocycles. The zero-order valence-electron chi connectivity index (χ0n) is 20.7. The number of hydrogen-bond acceptors (Lipinski definition) is 10. The molecule has 1 saturated heterocycles. The standard InChI is InChI=1S/C26H28N6O5/c1-32(9-10-33)26(34)20-4-6-23(31-25(20)35-2)30-24-14-21(28-16-29-24)17-3-5-22(18(13-17)15-27)37-19-7-11-36-12-8-19/h3-6,13-14,16,19,33H,7-12H2,1-2H3,(H,28,29,30,31). The number of benzene rings is 1. The van der Waals surface area contributed by atoms with Crippen LogP contribution in [-0.2, 0) is 4.74 Å². The van der Waals surface area contributed by atoms with Gasteiger partial charge in [0.05, 0.1) is 38.2 Å². The second-order valence-corrected chi connectivity index (χ2v) is 8.37. The third kappa shape index (κ3) is 6.30. The van der Waals surface area contributed by atoms with Gasteiger partial charge in [0.25, 0.3) is 5.91 Å². The molecule has 11 nitrogen and oxygen atoms in total. The van der Waals surface area contributed by atoms with Crippen molar-refractivity contribution in [3.05, 3.63) is 53.9 Å². The fraction of sp³-hybridized carbons (Fsp3) is 0.346. The Hall–Kier alpha value is -4.27. The molecule has 0 bridgehead atoms. The van der Waals surface area contributed by atoms with Gasteiger partial charge in [-0.3, -0.25) is 4.79 Å². The van der Waals surface area contributed by atoms with Crippen LogP contribution in [0.4, 0.5) is 11.6 Å². The van der Waals surface area contributed by atoms with Crippen molar-refractivity contribution in [2.24, 2.45) is 0 Å². The second-order valence-electron chi connectivity index (χ2n) is 8.37. The molecule has 37 heavy (non-hydrogen) atoms. The van der Waals surface area contributed by atoms with Gasteiger partial charge in [-0.15, -0.1) is 0 Å². The molecule has 4 rings (SSSR count). The average Bonchev–Trinajstić information content (AvgIpc) is 2.93. The van der Waals surface area contributed by atoms with Crippen molar-refractivity contribution < 1.29 is 24.1 Å². The predicted octanol–water partition coefficient (Wildman–Crippen LogP) is 2.78. The van der Waals surface area contributed by atoms with Crippen molar-refractivity contribution in [1.82, 2.24) is 19.9 Å². The summed E-state index contributed by atoms with van der Waals surface area (Å²) in [5.74, 6) is 1.26. The Morgan fingerprint density at radius 1 is 1.22 bits per heavy atom. The van der Waals surface area contributed by atoms with Crippen molar-refractivity contribution in [2.75, 3.05) is 45.8 Å². The van der Waals surface area contributed by atoms with Gasteiger partial charge in [-0.25, -0.2) is 9.97 Å². The molecule has 1 aliphatic heterocycles. The Kier molecular flexibility index (Phi) is 8.45. The van der Waals surface area contributed by atoms with Crippen LogP contribution in [-0.4, -0.2) is 77.5 Å². The average molecular weight is 505 g/mol. The lowest BCUT2D eigenvalue weighted by Gasteiger charge is -2.23. The Balaban J connectivity index is 1.52. The Bertz CT molecular complexity index is 1290. The molecule has 2 N–H and O–H groups in total. The summed E-state index contributed by atoms with van der Waals surface area (Å²) < 4.78 is 16.7. The van der Waals surface area contributed by atoms with Crippen LogP contribution in [0.15, 0.2) is 42.7 Å². The molecular formula is C26H28N6O5. The fourth-order valence-electron chi connectivity index (χ4n) is 3.85. The van der Waals surface area contributed by atoms with Crippen molar-refractivity contribution in [3.8, 4) is 29.0 Å². The molecule has 1 amide bonds. The van der Waals surface area contributed by atoms with E-state index in [4.69, 9.17) is 19.3 Å². The molecule has 11 heteroatoms. The highest BCUT2D eigenvalue weighted by atomic mass is 16.5. The maximum absolute atomic E-state index is 12.6. The van der Waals surface area contributed by atoms with Crippen molar-refractivity contribution in [2.45, 2.75) is 18.9 Å². The van der Waals surface area contributed by atoms with Crippen LogP contribution in [0, 0.1) is 11.3 Å². The van der Waals surface area contributed by atoms with Gasteiger partial charge >= 0.3 is 0 Å². The number of nitrogens with zero attached hydrogens (tertiary/aromatic N) is 5. The lowest BCUT2D eigenvalue weighted by atomic mass is 10.1. The lowest BCUT2D eigenvalue weighted by Crippen LogP contribution is -2.30. The van der Waals surface area contributed by atoms with Gasteiger partial charge in [-0.1, -0.05) is 0 Å². The maximum atomic E-state index is 12.6. The second kappa shape index (κ2) is 12.1. The summed E-state index contributed by atoms with van der Waals surface area (Å²) in [7, 11) is 3.02. The number of pyridine rings is 1. The topological polar surface area (TPSA) is 143 Å². The number of rotatable bonds is 9. The van der Waals surface area contributed by atoms with Gasteiger partial charge in [0.15, 0.2) is 0 Å². The van der Waals surface area contributed by atoms with Crippen molar-refractivity contribution >= 4 is 17.5 Å². The van der Waals surface area contributed by atoms with Gasteiger partial charge < -0.3 is 29.5 Å². The highest BCUT2D eigenvalue weighted by Gasteiger charge is 2.19. The van der Waals surface area contributed by atoms with Gasteiger partial charge in [-0.2, -0.15) is 10.2 Å². The molecular weight excluding hydrogens is 476 g/mol. The summed E-state index contributed by atoms with van der Waals surface area (Å²) >= 11 is 0. The molecule has 0 unspecified atom stereocenters. The summed E-state index contributed by atoms with van der Waals surface area (Å²) in [5, 5.41) is 21.9. The Morgan fingerprint density at radius 2 is 2.03 bits per heavy atom. The number of aliphatic hydroxyl groups is 1. The van der Waals surface area contributed by atoms with Crippen molar-refractivity contribution in [1.29, 1.82) is 5.26 Å². The summed E-state index contributed by atoms with van der Waals surface area (Å²) in [4.78, 5) is 27.0. The first kappa shape index (κ1) is 25.8. The molecule has 0 spiro atoms. The molecule has 192 valence electrons. The summed E-state index contributed by atoms with van der Waals surface area (Å²) in [6.07, 6.45) is 3.03. The van der Waals surface area contributed by atoms with Crippen LogP contribution >= 0.6 is 0 Å². The molecule has 0 aliphatic carbocycles. The maximum Gasteiger partial charge on any atom is 0.259 e. The quantitative estimate of drug-likeness (QED) is 0.446. The minimum absolute atomic E-state index is 0.0304. The van der Waals surface area contributed by atoms with E-state index in [0.717, 1.165) is 18.4 Å². The molecule has 1 aromatic carbocycles. The largest absolute Gasteiger partial charge is 0.489 e. The van der Waals surface area contributed by atoms with E-state index in [9.17, 15) is 10.1 Å². The normalized spacial score (nSPS) is 13.5. The minimum Gasteiger partial charge on any atom is -0.489 e. The van der Waals surface area contributed by atoms with Crippen LogP contribution in [0.2, 0.25) is 0 Å². The molecule has 0 radical (unpaired) electrons. The highest BCUT2D eigenvalue weighted by Crippen LogP contribution is 2.29. The van der Waals surface area contributed by atoms with E-state index >= 15 is 0 Å². The van der Waals surface area contributed by atoms with Crippen LogP contribution in [0.5, 0.6) is 11.6 Å². The number of amides is 1. The first-order chi connectivity index (χ1) is 18.0. The number of aromatic nitrogens is 3. The van der Waals surface area contributed by atoms with E-state index in [-0.39, 0.29) is 36.6 Å². The third-order valence-corrected chi connectivity index (χ3v) is 5.85. The molecule has 0 saturated carbocycles. The number of ether oxygens (including phenoxy) is 3. The molecule has 2 aromatic heterocycles. The summed E-state index contributed by atoms with van der Waals surface area (Å²) in [5.41, 5.74) is 2.05. The molecule has 0 atom stereocenters. The monoisotopic (exact) mass is 504 g/mol. The van der Waals surface area contributed by atoms with E-state index in [2.05, 4.69) is 26.3 Å². The van der Waals surface area contributed by atoms with Gasteiger partial charge in [0.1, 0.15) is 41.4 Å². The van der Waals surface area contributed by atoms with E-state index in [1.807, 2.05) is 6.07 Å². The van der Waals surface area contributed by atoms with Gasteiger partial charge in [0, 0.05) is 38.1 Å². The smallest absolute Gasteiger partial charge is 0.259 e. The molecule has 1 aliphatic rings. The fourth-order valence-corrected chi connectivity index (χ4v) is 3.85. The zero-order chi connectivity index (χ0) is 26.2. The number of nitrogens with one attached hydrogen (secondary N) is 1. The third-order valence-electron chi connectivity index (χ3n) is 5.85. The van der Waals surface area contributed by atoms with Gasteiger partial charge in [0.2, 0.25) is 5.88 Å². The van der Waals surface area contributed by atoms with E-state index in [1.165, 1.54) is 18.3 Å². The number of aliphatic hydroxyl groups excluding tert-OH is 1. The molecule has 1 fully saturated rings. The minimum atomic E-state index is -0.313.